The number of rotatable bonds is 5. The number of ether oxygens (including phenoxy) is 1. The summed E-state index contributed by atoms with van der Waals surface area (Å²) in [5.74, 6) is 0.0459. The molecule has 1 saturated carbocycles. The van der Waals surface area contributed by atoms with Crippen LogP contribution in [0.2, 0.25) is 0 Å². The van der Waals surface area contributed by atoms with E-state index in [1.54, 1.807) is 7.11 Å². The van der Waals surface area contributed by atoms with E-state index in [2.05, 4.69) is 5.32 Å². The molecule has 1 atom stereocenters. The average Bonchev–Trinajstić information content (AvgIpc) is 3.17. The first-order chi connectivity index (χ1) is 9.77. The Morgan fingerprint density at radius 3 is 2.52 bits per heavy atom. The molecule has 1 N–H and O–H groups in total. The van der Waals surface area contributed by atoms with Crippen molar-refractivity contribution in [3.8, 4) is 0 Å². The van der Waals surface area contributed by atoms with Crippen molar-refractivity contribution in [2.75, 3.05) is 26.8 Å². The molecule has 0 spiro atoms. The van der Waals surface area contributed by atoms with Crippen molar-refractivity contribution in [1.82, 2.24) is 10.2 Å². The van der Waals surface area contributed by atoms with Gasteiger partial charge < -0.3 is 15.0 Å². The zero-order valence-electron chi connectivity index (χ0n) is 13.7. The number of carbonyl (C=O) groups excluding carboxylic acids is 2. The molecule has 0 radical (unpaired) electrons. The molecular weight excluding hydrogens is 268 g/mol. The second-order valence-electron chi connectivity index (χ2n) is 7.62. The second-order valence-corrected chi connectivity index (χ2v) is 7.62. The van der Waals surface area contributed by atoms with Crippen LogP contribution in [0.25, 0.3) is 0 Å². The summed E-state index contributed by atoms with van der Waals surface area (Å²) in [6, 6.07) is -0.425. The number of nitrogens with one attached hydrogen (secondary N) is 1. The highest BCUT2D eigenvalue weighted by molar-refractivity contribution is 5.90. The Bertz CT molecular complexity index is 410. The predicted octanol–water partition coefficient (Wildman–Crippen LogP) is 1.57. The number of methoxy groups -OCH3 is 1. The van der Waals surface area contributed by atoms with Gasteiger partial charge in [-0.05, 0) is 30.1 Å². The van der Waals surface area contributed by atoms with Gasteiger partial charge >= 0.3 is 0 Å². The molecule has 120 valence electrons. The summed E-state index contributed by atoms with van der Waals surface area (Å²) in [4.78, 5) is 26.6. The van der Waals surface area contributed by atoms with E-state index in [1.807, 2.05) is 25.7 Å². The molecule has 1 heterocycles. The summed E-state index contributed by atoms with van der Waals surface area (Å²) in [5, 5.41) is 2.89. The van der Waals surface area contributed by atoms with Crippen molar-refractivity contribution < 1.29 is 14.3 Å². The summed E-state index contributed by atoms with van der Waals surface area (Å²) in [7, 11) is 1.71. The Kier molecular flexibility index (Phi) is 4.61. The topological polar surface area (TPSA) is 58.6 Å². The number of hydrogen-bond acceptors (Lipinski definition) is 3. The predicted molar refractivity (Wildman–Crippen MR) is 80.7 cm³/mol. The highest BCUT2D eigenvalue weighted by atomic mass is 16.5. The normalized spacial score (nSPS) is 25.5. The summed E-state index contributed by atoms with van der Waals surface area (Å²) in [6.07, 6.45) is 3.71. The second kappa shape index (κ2) is 5.95. The Balaban J connectivity index is 2.08. The minimum Gasteiger partial charge on any atom is -0.385 e. The minimum atomic E-state index is -0.425. The van der Waals surface area contributed by atoms with Crippen LogP contribution in [0.15, 0.2) is 0 Å². The quantitative estimate of drug-likeness (QED) is 0.837. The minimum absolute atomic E-state index is 0.0208. The zero-order valence-corrected chi connectivity index (χ0v) is 13.7. The summed E-state index contributed by atoms with van der Waals surface area (Å²) >= 11 is 0. The van der Waals surface area contributed by atoms with Gasteiger partial charge in [0.05, 0.1) is 0 Å². The molecule has 2 aliphatic rings. The Morgan fingerprint density at radius 2 is 2.00 bits per heavy atom. The average molecular weight is 296 g/mol. The number of amides is 2. The molecule has 0 aromatic carbocycles. The van der Waals surface area contributed by atoms with E-state index >= 15 is 0 Å². The van der Waals surface area contributed by atoms with Gasteiger partial charge in [-0.1, -0.05) is 20.8 Å². The van der Waals surface area contributed by atoms with Crippen molar-refractivity contribution in [2.45, 2.75) is 52.5 Å². The van der Waals surface area contributed by atoms with Crippen LogP contribution in [0.4, 0.5) is 0 Å². The maximum Gasteiger partial charge on any atom is 0.245 e. The molecule has 5 nitrogen and oxygen atoms in total. The lowest BCUT2D eigenvalue weighted by atomic mass is 9.85. The van der Waals surface area contributed by atoms with Gasteiger partial charge in [-0.2, -0.15) is 0 Å². The largest absolute Gasteiger partial charge is 0.385 e. The van der Waals surface area contributed by atoms with Crippen LogP contribution in [0.5, 0.6) is 0 Å². The van der Waals surface area contributed by atoms with Crippen molar-refractivity contribution >= 4 is 11.8 Å². The molecular formula is C16H28N2O3. The summed E-state index contributed by atoms with van der Waals surface area (Å²) < 4.78 is 5.18. The maximum atomic E-state index is 12.8. The third-order valence-corrected chi connectivity index (χ3v) is 4.66. The molecule has 1 saturated heterocycles. The molecule has 1 unspecified atom stereocenters. The lowest BCUT2D eigenvalue weighted by Gasteiger charge is -2.34. The van der Waals surface area contributed by atoms with E-state index in [0.717, 1.165) is 32.4 Å². The van der Waals surface area contributed by atoms with Crippen LogP contribution >= 0.6 is 0 Å². The summed E-state index contributed by atoms with van der Waals surface area (Å²) in [5.41, 5.74) is -0.0416. The lowest BCUT2D eigenvalue weighted by molar-refractivity contribution is -0.137. The third kappa shape index (κ3) is 3.96. The van der Waals surface area contributed by atoms with Gasteiger partial charge in [0.25, 0.3) is 0 Å². The molecule has 5 heteroatoms. The van der Waals surface area contributed by atoms with Crippen molar-refractivity contribution in [3.05, 3.63) is 0 Å². The molecule has 2 fully saturated rings. The molecule has 0 aromatic rings. The Morgan fingerprint density at radius 1 is 1.33 bits per heavy atom. The fourth-order valence-electron chi connectivity index (χ4n) is 2.96. The molecule has 1 aliphatic heterocycles. The van der Waals surface area contributed by atoms with Crippen LogP contribution < -0.4 is 5.32 Å². The van der Waals surface area contributed by atoms with Crippen molar-refractivity contribution in [2.24, 2.45) is 10.8 Å². The van der Waals surface area contributed by atoms with Gasteiger partial charge in [0, 0.05) is 33.2 Å². The number of carbonyl (C=O) groups is 2. The lowest BCUT2D eigenvalue weighted by Crippen LogP contribution is -2.52. The van der Waals surface area contributed by atoms with Gasteiger partial charge in [-0.3, -0.25) is 9.59 Å². The van der Waals surface area contributed by atoms with E-state index in [4.69, 9.17) is 4.74 Å². The first-order valence-electron chi connectivity index (χ1n) is 7.85. The fraction of sp³-hybridized carbons (Fsp3) is 0.875. The van der Waals surface area contributed by atoms with Crippen LogP contribution in [0.3, 0.4) is 0 Å². The smallest absolute Gasteiger partial charge is 0.245 e. The van der Waals surface area contributed by atoms with Gasteiger partial charge in [0.15, 0.2) is 0 Å². The monoisotopic (exact) mass is 296 g/mol. The van der Waals surface area contributed by atoms with Gasteiger partial charge in [0.2, 0.25) is 11.8 Å². The van der Waals surface area contributed by atoms with Crippen LogP contribution in [-0.4, -0.2) is 49.6 Å². The highest BCUT2D eigenvalue weighted by Gasteiger charge is 2.46. The zero-order chi connectivity index (χ0) is 15.7. The van der Waals surface area contributed by atoms with Crippen LogP contribution in [0.1, 0.15) is 46.5 Å². The molecule has 0 bridgehead atoms. The molecule has 1 aliphatic carbocycles. The molecule has 2 rings (SSSR count). The molecule has 0 aromatic heterocycles. The highest BCUT2D eigenvalue weighted by Crippen LogP contribution is 2.49. The van der Waals surface area contributed by atoms with Crippen LogP contribution in [0, 0.1) is 10.8 Å². The van der Waals surface area contributed by atoms with Crippen LogP contribution in [-0.2, 0) is 14.3 Å². The van der Waals surface area contributed by atoms with Gasteiger partial charge in [-0.15, -0.1) is 0 Å². The SMILES string of the molecule is COCCC1(CN2CCC(=O)NC(C(C)(C)C)C2=O)CC1. The van der Waals surface area contributed by atoms with E-state index in [-0.39, 0.29) is 22.6 Å². The standard InChI is InChI=1S/C16H28N2O3/c1-15(2,3)13-14(20)18(9-5-12(19)17-13)11-16(6-7-16)8-10-21-4/h13H,5-11H2,1-4H3,(H,17,19). The number of hydrogen-bond donors (Lipinski definition) is 1. The Labute approximate surface area is 127 Å². The van der Waals surface area contributed by atoms with E-state index in [1.165, 1.54) is 0 Å². The fourth-order valence-corrected chi connectivity index (χ4v) is 2.96. The third-order valence-electron chi connectivity index (χ3n) is 4.66. The van der Waals surface area contributed by atoms with Crippen molar-refractivity contribution in [1.29, 1.82) is 0 Å². The maximum absolute atomic E-state index is 12.8. The molecule has 2 amide bonds. The van der Waals surface area contributed by atoms with Gasteiger partial charge in [-0.25, -0.2) is 0 Å². The number of nitrogens with zero attached hydrogens (tertiary/aromatic N) is 1. The van der Waals surface area contributed by atoms with Gasteiger partial charge in [0.1, 0.15) is 6.04 Å². The summed E-state index contributed by atoms with van der Waals surface area (Å²) in [6.45, 7) is 8.02. The molecule has 21 heavy (non-hydrogen) atoms. The van der Waals surface area contributed by atoms with E-state index in [9.17, 15) is 9.59 Å². The Hall–Kier alpha value is -1.10. The van der Waals surface area contributed by atoms with E-state index < -0.39 is 6.04 Å². The van der Waals surface area contributed by atoms with Crippen molar-refractivity contribution in [3.63, 3.8) is 0 Å². The van der Waals surface area contributed by atoms with E-state index in [0.29, 0.717) is 13.0 Å². The first-order valence-corrected chi connectivity index (χ1v) is 7.85. The first kappa shape index (κ1) is 16.3.